The zero-order valence-electron chi connectivity index (χ0n) is 17.8. The molecule has 1 aliphatic heterocycles. The van der Waals surface area contributed by atoms with Crippen LogP contribution in [0.25, 0.3) is 11.3 Å². The van der Waals surface area contributed by atoms with Gasteiger partial charge in [-0.2, -0.15) is 0 Å². The minimum absolute atomic E-state index is 0.173. The molecule has 1 aliphatic carbocycles. The molecule has 2 heterocycles. The molecule has 0 spiro atoms. The van der Waals surface area contributed by atoms with Gasteiger partial charge in [0.15, 0.2) is 0 Å². The summed E-state index contributed by atoms with van der Waals surface area (Å²) in [5.41, 5.74) is 4.73. The predicted molar refractivity (Wildman–Crippen MR) is 121 cm³/mol. The normalized spacial score (nSPS) is 17.8. The summed E-state index contributed by atoms with van der Waals surface area (Å²) in [7, 11) is 0. The van der Waals surface area contributed by atoms with Crippen molar-refractivity contribution in [2.24, 2.45) is 5.92 Å². The fourth-order valence-corrected chi connectivity index (χ4v) is 4.38. The van der Waals surface area contributed by atoms with E-state index in [0.29, 0.717) is 5.92 Å². The van der Waals surface area contributed by atoms with Crippen molar-refractivity contribution in [1.29, 1.82) is 0 Å². The summed E-state index contributed by atoms with van der Waals surface area (Å²) in [4.78, 5) is 7.47. The molecule has 1 aromatic heterocycles. The predicted octanol–water partition coefficient (Wildman–Crippen LogP) is 5.88. The lowest BCUT2D eigenvalue weighted by Gasteiger charge is -2.26. The Hall–Kier alpha value is -2.59. The average molecular weight is 402 g/mol. The van der Waals surface area contributed by atoms with Crippen LogP contribution in [-0.4, -0.2) is 18.1 Å². The smallest absolute Gasteiger partial charge is 0.224 e. The van der Waals surface area contributed by atoms with Crippen LogP contribution >= 0.6 is 0 Å². The number of hydrogen-bond acceptors (Lipinski definition) is 4. The molecule has 1 saturated heterocycles. The molecular formula is C26H31N3O. The summed E-state index contributed by atoms with van der Waals surface area (Å²) in [6.45, 7) is 5.08. The zero-order chi connectivity index (χ0) is 20.3. The van der Waals surface area contributed by atoms with Crippen LogP contribution in [0, 0.1) is 12.8 Å². The largest absolute Gasteiger partial charge is 0.423 e. The molecule has 4 heteroatoms. The summed E-state index contributed by atoms with van der Waals surface area (Å²) in [6.07, 6.45) is 6.24. The molecule has 3 aromatic rings. The Kier molecular flexibility index (Phi) is 5.58. The van der Waals surface area contributed by atoms with Crippen molar-refractivity contribution in [2.75, 3.05) is 18.0 Å². The Bertz CT molecular complexity index is 954. The maximum Gasteiger partial charge on any atom is 0.224 e. The Morgan fingerprint density at radius 2 is 1.73 bits per heavy atom. The summed E-state index contributed by atoms with van der Waals surface area (Å²) >= 11 is 0. The molecule has 1 saturated carbocycles. The monoisotopic (exact) mass is 401 g/mol. The minimum atomic E-state index is 0.173. The van der Waals surface area contributed by atoms with Gasteiger partial charge in [0.05, 0.1) is 6.04 Å². The van der Waals surface area contributed by atoms with Gasteiger partial charge < -0.3 is 14.6 Å². The van der Waals surface area contributed by atoms with Crippen molar-refractivity contribution < 1.29 is 4.42 Å². The molecule has 4 nitrogen and oxygen atoms in total. The van der Waals surface area contributed by atoms with E-state index in [2.05, 4.69) is 71.7 Å². The number of aryl methyl sites for hydroxylation is 1. The lowest BCUT2D eigenvalue weighted by molar-refractivity contribution is 0.364. The van der Waals surface area contributed by atoms with E-state index in [-0.39, 0.29) is 6.04 Å². The van der Waals surface area contributed by atoms with Crippen LogP contribution < -0.4 is 10.2 Å². The average Bonchev–Trinajstić information content (AvgIpc) is 3.54. The Balaban J connectivity index is 1.44. The van der Waals surface area contributed by atoms with E-state index >= 15 is 0 Å². The highest BCUT2D eigenvalue weighted by molar-refractivity contribution is 5.71. The Morgan fingerprint density at radius 1 is 1.00 bits per heavy atom. The molecule has 0 amide bonds. The van der Waals surface area contributed by atoms with E-state index in [0.717, 1.165) is 42.7 Å². The molecule has 0 bridgehead atoms. The van der Waals surface area contributed by atoms with Crippen molar-refractivity contribution in [3.63, 3.8) is 0 Å². The number of hydrogen-bond donors (Lipinski definition) is 1. The van der Waals surface area contributed by atoms with Gasteiger partial charge in [0.2, 0.25) is 11.8 Å². The fraction of sp³-hybridized carbons (Fsp3) is 0.423. The van der Waals surface area contributed by atoms with Gasteiger partial charge in [-0.25, -0.2) is 4.98 Å². The lowest BCUT2D eigenvalue weighted by atomic mass is 10.1. The lowest BCUT2D eigenvalue weighted by Crippen LogP contribution is -2.29. The molecule has 1 atom stereocenters. The second-order valence-electron chi connectivity index (χ2n) is 8.80. The Morgan fingerprint density at radius 3 is 2.43 bits per heavy atom. The van der Waals surface area contributed by atoms with E-state index < -0.39 is 0 Å². The van der Waals surface area contributed by atoms with E-state index in [9.17, 15) is 0 Å². The summed E-state index contributed by atoms with van der Waals surface area (Å²) in [5.74, 6) is 2.43. The number of nitrogens with one attached hydrogen (secondary N) is 1. The highest BCUT2D eigenvalue weighted by atomic mass is 16.4. The van der Waals surface area contributed by atoms with Gasteiger partial charge >= 0.3 is 0 Å². The topological polar surface area (TPSA) is 41.3 Å². The van der Waals surface area contributed by atoms with Gasteiger partial charge in [-0.15, -0.1) is 0 Å². The third-order valence-electron chi connectivity index (χ3n) is 6.32. The van der Waals surface area contributed by atoms with Gasteiger partial charge in [0, 0.05) is 25.2 Å². The first-order valence-corrected chi connectivity index (χ1v) is 11.4. The molecule has 0 radical (unpaired) electrons. The molecule has 1 unspecified atom stereocenters. The summed E-state index contributed by atoms with van der Waals surface area (Å²) < 4.78 is 6.53. The van der Waals surface area contributed by atoms with Crippen molar-refractivity contribution in [3.05, 3.63) is 71.6 Å². The molecule has 156 valence electrons. The van der Waals surface area contributed by atoms with Crippen molar-refractivity contribution >= 4 is 5.88 Å². The van der Waals surface area contributed by atoms with Crippen LogP contribution in [-0.2, 0) is 6.54 Å². The number of rotatable bonds is 7. The zero-order valence-corrected chi connectivity index (χ0v) is 17.8. The van der Waals surface area contributed by atoms with E-state index in [4.69, 9.17) is 9.40 Å². The third-order valence-corrected chi connectivity index (χ3v) is 6.32. The highest BCUT2D eigenvalue weighted by Gasteiger charge is 2.36. The molecule has 2 aliphatic rings. The number of piperidine rings is 1. The van der Waals surface area contributed by atoms with Crippen molar-refractivity contribution in [2.45, 2.75) is 51.6 Å². The van der Waals surface area contributed by atoms with E-state index in [1.165, 1.54) is 43.2 Å². The maximum absolute atomic E-state index is 6.53. The van der Waals surface area contributed by atoms with Gasteiger partial charge in [-0.1, -0.05) is 60.2 Å². The number of anilines is 1. The summed E-state index contributed by atoms with van der Waals surface area (Å²) in [5, 5.41) is 3.75. The molecule has 2 fully saturated rings. The van der Waals surface area contributed by atoms with Crippen LogP contribution in [0.4, 0.5) is 5.88 Å². The maximum atomic E-state index is 6.53. The van der Waals surface area contributed by atoms with Crippen LogP contribution in [0.2, 0.25) is 0 Å². The van der Waals surface area contributed by atoms with Crippen molar-refractivity contribution in [1.82, 2.24) is 10.3 Å². The Labute approximate surface area is 179 Å². The first-order valence-electron chi connectivity index (χ1n) is 11.4. The third kappa shape index (κ3) is 4.29. The first-order chi connectivity index (χ1) is 14.8. The van der Waals surface area contributed by atoms with Crippen LogP contribution in [0.5, 0.6) is 0 Å². The quantitative estimate of drug-likeness (QED) is 0.537. The van der Waals surface area contributed by atoms with Gasteiger partial charge in [0.25, 0.3) is 0 Å². The molecule has 30 heavy (non-hydrogen) atoms. The van der Waals surface area contributed by atoms with E-state index in [1.54, 1.807) is 0 Å². The second-order valence-corrected chi connectivity index (χ2v) is 8.80. The minimum Gasteiger partial charge on any atom is -0.423 e. The molecule has 5 rings (SSSR count). The van der Waals surface area contributed by atoms with Crippen LogP contribution in [0.15, 0.2) is 59.0 Å². The number of benzene rings is 2. The fourth-order valence-electron chi connectivity index (χ4n) is 4.38. The van der Waals surface area contributed by atoms with Gasteiger partial charge in [0.1, 0.15) is 5.69 Å². The molecule has 1 N–H and O–H groups in total. The summed E-state index contributed by atoms with van der Waals surface area (Å²) in [6, 6.07) is 19.4. The SMILES string of the molecule is Cc1ccc(CNC(c2nc(-c3ccccc3)c(N3CCCCC3)o2)C2CC2)cc1. The van der Waals surface area contributed by atoms with E-state index in [1.807, 2.05) is 0 Å². The van der Waals surface area contributed by atoms with Gasteiger partial charge in [-0.05, 0) is 50.5 Å². The number of oxazole rings is 1. The number of aromatic nitrogens is 1. The number of nitrogens with zero attached hydrogens (tertiary/aromatic N) is 2. The van der Waals surface area contributed by atoms with Crippen LogP contribution in [0.3, 0.4) is 0 Å². The first kappa shape index (κ1) is 19.4. The molecule has 2 aromatic carbocycles. The molecular weight excluding hydrogens is 370 g/mol. The standard InChI is InChI=1S/C26H31N3O/c1-19-10-12-20(13-11-19)18-27-23(22-14-15-22)25-28-24(21-8-4-2-5-9-21)26(30-25)29-16-6-3-7-17-29/h2,4-5,8-13,22-23,27H,3,6-7,14-18H2,1H3. The second kappa shape index (κ2) is 8.65. The highest BCUT2D eigenvalue weighted by Crippen LogP contribution is 2.43. The van der Waals surface area contributed by atoms with Crippen LogP contribution in [0.1, 0.15) is 55.2 Å². The van der Waals surface area contributed by atoms with Gasteiger partial charge in [-0.3, -0.25) is 0 Å². The van der Waals surface area contributed by atoms with Crippen molar-refractivity contribution in [3.8, 4) is 11.3 Å².